The Morgan fingerprint density at radius 1 is 1.24 bits per heavy atom. The van der Waals surface area contributed by atoms with Gasteiger partial charge < -0.3 is 10.3 Å². The van der Waals surface area contributed by atoms with Gasteiger partial charge >= 0.3 is 0 Å². The van der Waals surface area contributed by atoms with Crippen LogP contribution in [0.15, 0.2) is 42.6 Å². The highest BCUT2D eigenvalue weighted by Gasteiger charge is 2.09. The Morgan fingerprint density at radius 2 is 2.10 bits per heavy atom. The predicted molar refractivity (Wildman–Crippen MR) is 92.3 cm³/mol. The van der Waals surface area contributed by atoms with Crippen LogP contribution < -0.4 is 5.73 Å². The quantitative estimate of drug-likeness (QED) is 0.727. The van der Waals surface area contributed by atoms with Crippen LogP contribution in [0, 0.1) is 0 Å². The molecule has 2 nitrogen and oxygen atoms in total. The smallest absolute Gasteiger partial charge is 0.0931 e. The Hall–Kier alpha value is -1.29. The summed E-state index contributed by atoms with van der Waals surface area (Å²) in [6.07, 6.45) is 4.09. The lowest BCUT2D eigenvalue weighted by atomic mass is 10.0. The van der Waals surface area contributed by atoms with Gasteiger partial charge in [-0.1, -0.05) is 30.7 Å². The molecule has 21 heavy (non-hydrogen) atoms. The number of nitrogens with two attached hydrogens (primary N) is 1. The van der Waals surface area contributed by atoms with E-state index in [2.05, 4.69) is 48.0 Å². The first-order chi connectivity index (χ1) is 10.2. The molecule has 3 aromatic rings. The lowest BCUT2D eigenvalue weighted by Gasteiger charge is -2.10. The highest BCUT2D eigenvalue weighted by atomic mass is 35.5. The SMILES string of the molecule is CCC(N)Cc1cccc2c1ccn2Cc1ccc(Cl)s1. The third-order valence-electron chi connectivity index (χ3n) is 3.87. The van der Waals surface area contributed by atoms with E-state index in [1.165, 1.54) is 21.3 Å². The zero-order chi connectivity index (χ0) is 14.8. The average Bonchev–Trinajstić information content (AvgIpc) is 3.07. The first kappa shape index (κ1) is 14.6. The van der Waals surface area contributed by atoms with Crippen LogP contribution in [-0.2, 0) is 13.0 Å². The minimum atomic E-state index is 0.232. The van der Waals surface area contributed by atoms with Gasteiger partial charge in [0.25, 0.3) is 0 Å². The standard InChI is InChI=1S/C17H19ClN2S/c1-2-13(19)10-12-4-3-5-16-15(12)8-9-20(16)11-14-6-7-17(18)21-14/h3-9,13H,2,10-11,19H2,1H3. The highest BCUT2D eigenvalue weighted by molar-refractivity contribution is 7.16. The first-order valence-electron chi connectivity index (χ1n) is 7.24. The third kappa shape index (κ3) is 3.15. The van der Waals surface area contributed by atoms with Crippen LogP contribution in [0.1, 0.15) is 23.8 Å². The van der Waals surface area contributed by atoms with Gasteiger partial charge in [-0.15, -0.1) is 11.3 Å². The van der Waals surface area contributed by atoms with Crippen molar-refractivity contribution in [1.29, 1.82) is 0 Å². The molecule has 1 aromatic carbocycles. The summed E-state index contributed by atoms with van der Waals surface area (Å²) in [5, 5.41) is 1.31. The molecule has 0 amide bonds. The topological polar surface area (TPSA) is 30.9 Å². The molecule has 0 spiro atoms. The zero-order valence-electron chi connectivity index (χ0n) is 12.1. The fourth-order valence-corrected chi connectivity index (χ4v) is 3.72. The molecule has 1 atom stereocenters. The van der Waals surface area contributed by atoms with E-state index in [1.807, 2.05) is 6.07 Å². The Kier molecular flexibility index (Phi) is 4.34. The number of rotatable bonds is 5. The molecule has 0 saturated carbocycles. The number of thiophene rings is 1. The monoisotopic (exact) mass is 318 g/mol. The Labute approximate surface area is 134 Å². The second kappa shape index (κ2) is 6.22. The van der Waals surface area contributed by atoms with Crippen molar-refractivity contribution in [3.8, 4) is 0 Å². The molecule has 4 heteroatoms. The van der Waals surface area contributed by atoms with Gasteiger partial charge in [0.2, 0.25) is 0 Å². The molecule has 3 rings (SSSR count). The molecular weight excluding hydrogens is 300 g/mol. The zero-order valence-corrected chi connectivity index (χ0v) is 13.6. The second-order valence-corrected chi connectivity index (χ2v) is 7.17. The van der Waals surface area contributed by atoms with Crippen molar-refractivity contribution in [2.45, 2.75) is 32.4 Å². The van der Waals surface area contributed by atoms with E-state index in [-0.39, 0.29) is 6.04 Å². The molecule has 0 fully saturated rings. The molecule has 2 aromatic heterocycles. The lowest BCUT2D eigenvalue weighted by molar-refractivity contribution is 0.649. The molecule has 110 valence electrons. The normalized spacial score (nSPS) is 12.9. The maximum absolute atomic E-state index is 6.11. The van der Waals surface area contributed by atoms with Crippen molar-refractivity contribution in [2.75, 3.05) is 0 Å². The van der Waals surface area contributed by atoms with Crippen LogP contribution in [0.3, 0.4) is 0 Å². The summed E-state index contributed by atoms with van der Waals surface area (Å²) >= 11 is 7.65. The van der Waals surface area contributed by atoms with E-state index in [0.29, 0.717) is 0 Å². The van der Waals surface area contributed by atoms with Crippen molar-refractivity contribution in [1.82, 2.24) is 4.57 Å². The molecule has 0 aliphatic heterocycles. The summed E-state index contributed by atoms with van der Waals surface area (Å²) < 4.78 is 3.12. The number of hydrogen-bond donors (Lipinski definition) is 1. The molecule has 0 aliphatic rings. The summed E-state index contributed by atoms with van der Waals surface area (Å²) in [5.74, 6) is 0. The van der Waals surface area contributed by atoms with Gasteiger partial charge in [-0.05, 0) is 42.7 Å². The van der Waals surface area contributed by atoms with Gasteiger partial charge in [0.05, 0.1) is 10.9 Å². The van der Waals surface area contributed by atoms with E-state index in [0.717, 1.165) is 23.7 Å². The molecule has 2 heterocycles. The Morgan fingerprint density at radius 3 is 2.81 bits per heavy atom. The number of fused-ring (bicyclic) bond motifs is 1. The van der Waals surface area contributed by atoms with E-state index in [1.54, 1.807) is 11.3 Å². The van der Waals surface area contributed by atoms with E-state index in [9.17, 15) is 0 Å². The van der Waals surface area contributed by atoms with E-state index in [4.69, 9.17) is 17.3 Å². The van der Waals surface area contributed by atoms with Crippen molar-refractivity contribution in [3.63, 3.8) is 0 Å². The molecular formula is C17H19ClN2S. The molecule has 0 bridgehead atoms. The van der Waals surface area contributed by atoms with E-state index < -0.39 is 0 Å². The van der Waals surface area contributed by atoms with Crippen LogP contribution in [-0.4, -0.2) is 10.6 Å². The summed E-state index contributed by atoms with van der Waals surface area (Å²) in [5.41, 5.74) is 8.71. The number of nitrogens with zero attached hydrogens (tertiary/aromatic N) is 1. The van der Waals surface area contributed by atoms with Gasteiger partial charge in [0.15, 0.2) is 0 Å². The average molecular weight is 319 g/mol. The maximum Gasteiger partial charge on any atom is 0.0931 e. The summed E-state index contributed by atoms with van der Waals surface area (Å²) in [4.78, 5) is 1.27. The van der Waals surface area contributed by atoms with Crippen LogP contribution >= 0.6 is 22.9 Å². The van der Waals surface area contributed by atoms with Gasteiger partial charge in [-0.2, -0.15) is 0 Å². The first-order valence-corrected chi connectivity index (χ1v) is 8.43. The second-order valence-electron chi connectivity index (χ2n) is 5.37. The van der Waals surface area contributed by atoms with Crippen molar-refractivity contribution in [3.05, 3.63) is 57.4 Å². The summed E-state index contributed by atoms with van der Waals surface area (Å²) in [6.45, 7) is 3.00. The van der Waals surface area contributed by atoms with Gasteiger partial charge in [0.1, 0.15) is 0 Å². The van der Waals surface area contributed by atoms with Crippen molar-refractivity contribution in [2.24, 2.45) is 5.73 Å². The van der Waals surface area contributed by atoms with Crippen molar-refractivity contribution >= 4 is 33.8 Å². The molecule has 1 unspecified atom stereocenters. The Bertz CT molecular complexity index is 744. The number of halogens is 1. The highest BCUT2D eigenvalue weighted by Crippen LogP contribution is 2.26. The van der Waals surface area contributed by atoms with Crippen LogP contribution in [0.4, 0.5) is 0 Å². The number of benzene rings is 1. The van der Waals surface area contributed by atoms with Gasteiger partial charge in [-0.3, -0.25) is 0 Å². The minimum Gasteiger partial charge on any atom is -0.342 e. The van der Waals surface area contributed by atoms with Crippen LogP contribution in [0.25, 0.3) is 10.9 Å². The lowest BCUT2D eigenvalue weighted by Crippen LogP contribution is -2.21. The summed E-state index contributed by atoms with van der Waals surface area (Å²) in [6, 6.07) is 13.0. The molecule has 2 N–H and O–H groups in total. The predicted octanol–water partition coefficient (Wildman–Crippen LogP) is 4.68. The van der Waals surface area contributed by atoms with Crippen molar-refractivity contribution < 1.29 is 0 Å². The molecule has 0 radical (unpaired) electrons. The van der Waals surface area contributed by atoms with Gasteiger partial charge in [-0.25, -0.2) is 0 Å². The van der Waals surface area contributed by atoms with Crippen LogP contribution in [0.2, 0.25) is 4.34 Å². The maximum atomic E-state index is 6.11. The van der Waals surface area contributed by atoms with Crippen LogP contribution in [0.5, 0.6) is 0 Å². The third-order valence-corrected chi connectivity index (χ3v) is 5.08. The number of aromatic nitrogens is 1. The van der Waals surface area contributed by atoms with Gasteiger partial charge in [0, 0.05) is 28.0 Å². The minimum absolute atomic E-state index is 0.232. The molecule has 0 saturated heterocycles. The fraction of sp³-hybridized carbons (Fsp3) is 0.294. The fourth-order valence-electron chi connectivity index (χ4n) is 2.63. The summed E-state index contributed by atoms with van der Waals surface area (Å²) in [7, 11) is 0. The Balaban J connectivity index is 1.93. The number of hydrogen-bond acceptors (Lipinski definition) is 2. The largest absolute Gasteiger partial charge is 0.342 e. The molecule has 0 aliphatic carbocycles. The van der Waals surface area contributed by atoms with E-state index >= 15 is 0 Å².